The van der Waals surface area contributed by atoms with Crippen LogP contribution in [0.25, 0.3) is 0 Å². The van der Waals surface area contributed by atoms with Gasteiger partial charge in [0.1, 0.15) is 17.0 Å². The van der Waals surface area contributed by atoms with Gasteiger partial charge in [-0.05, 0) is 54.0 Å². The summed E-state index contributed by atoms with van der Waals surface area (Å²) in [5.41, 5.74) is -1.31. The third-order valence-electron chi connectivity index (χ3n) is 6.82. The Morgan fingerprint density at radius 3 is 2.62 bits per heavy atom. The molecule has 3 N–H and O–H groups in total. The van der Waals surface area contributed by atoms with Crippen molar-refractivity contribution in [2.45, 2.75) is 50.6 Å². The van der Waals surface area contributed by atoms with Gasteiger partial charge in [0.2, 0.25) is 5.91 Å². The molecule has 1 amide bonds. The van der Waals surface area contributed by atoms with Crippen LogP contribution in [0.4, 0.5) is 8.78 Å². The zero-order chi connectivity index (χ0) is 27.0. The number of carbonyl (C=O) groups excluding carboxylic acids is 1. The monoisotopic (exact) mass is 544 g/mol. The number of halogens is 4. The lowest BCUT2D eigenvalue weighted by Crippen LogP contribution is -2.45. The zero-order valence-electron chi connectivity index (χ0n) is 20.7. The first-order valence-electron chi connectivity index (χ1n) is 12.0. The molecule has 2 aliphatic heterocycles. The van der Waals surface area contributed by atoms with E-state index < -0.39 is 41.0 Å². The Kier molecular flexibility index (Phi) is 7.66. The van der Waals surface area contributed by atoms with E-state index in [-0.39, 0.29) is 26.6 Å². The molecule has 4 rings (SSSR count). The van der Waals surface area contributed by atoms with Crippen molar-refractivity contribution >= 4 is 29.1 Å². The second-order valence-corrected chi connectivity index (χ2v) is 11.4. The van der Waals surface area contributed by atoms with Crippen molar-refractivity contribution in [2.24, 2.45) is 5.41 Å². The van der Waals surface area contributed by atoms with Crippen molar-refractivity contribution in [3.05, 3.63) is 93.3 Å². The molecule has 9 heteroatoms. The van der Waals surface area contributed by atoms with Crippen LogP contribution in [0, 0.1) is 28.4 Å². The molecule has 0 aliphatic carbocycles. The van der Waals surface area contributed by atoms with Crippen LogP contribution in [-0.4, -0.2) is 24.5 Å². The highest BCUT2D eigenvalue weighted by molar-refractivity contribution is 6.31. The lowest BCUT2D eigenvalue weighted by molar-refractivity contribution is -0.122. The maximum Gasteiger partial charge on any atom is 0.242 e. The van der Waals surface area contributed by atoms with Crippen molar-refractivity contribution < 1.29 is 13.6 Å². The van der Waals surface area contributed by atoms with Crippen molar-refractivity contribution in [2.75, 3.05) is 6.54 Å². The minimum absolute atomic E-state index is 0.0433. The number of hydrogen-bond donors (Lipinski definition) is 3. The first-order chi connectivity index (χ1) is 17.5. The van der Waals surface area contributed by atoms with Crippen molar-refractivity contribution in [1.29, 1.82) is 5.26 Å². The summed E-state index contributed by atoms with van der Waals surface area (Å²) in [5, 5.41) is 20.0. The van der Waals surface area contributed by atoms with Crippen LogP contribution in [0.3, 0.4) is 0 Å². The Morgan fingerprint density at radius 1 is 1.24 bits per heavy atom. The molecule has 37 heavy (non-hydrogen) atoms. The molecule has 1 saturated heterocycles. The van der Waals surface area contributed by atoms with Gasteiger partial charge in [-0.2, -0.15) is 5.26 Å². The van der Waals surface area contributed by atoms with E-state index in [0.29, 0.717) is 18.7 Å². The number of allylic oxidation sites excluding steroid dienone is 1. The molecule has 0 aromatic heterocycles. The Labute approximate surface area is 225 Å². The minimum Gasteiger partial charge on any atom is -0.387 e. The van der Waals surface area contributed by atoms with Gasteiger partial charge in [0.15, 0.2) is 0 Å². The minimum atomic E-state index is -1.66. The first kappa shape index (κ1) is 27.1. The van der Waals surface area contributed by atoms with Crippen molar-refractivity contribution in [3.8, 4) is 6.07 Å². The Bertz CT molecular complexity index is 1310. The predicted molar refractivity (Wildman–Crippen MR) is 141 cm³/mol. The van der Waals surface area contributed by atoms with Crippen LogP contribution in [0.15, 0.2) is 60.4 Å². The second-order valence-electron chi connectivity index (χ2n) is 10.6. The average Bonchev–Trinajstić information content (AvgIpc) is 3.14. The van der Waals surface area contributed by atoms with Crippen LogP contribution in [0.2, 0.25) is 10.0 Å². The summed E-state index contributed by atoms with van der Waals surface area (Å²) in [6.45, 7) is 6.49. The summed E-state index contributed by atoms with van der Waals surface area (Å²) in [6.07, 6.45) is 5.60. The van der Waals surface area contributed by atoms with E-state index in [9.17, 15) is 10.1 Å². The van der Waals surface area contributed by atoms with Crippen LogP contribution >= 0.6 is 23.2 Å². The summed E-state index contributed by atoms with van der Waals surface area (Å²) in [4.78, 5) is 13.7. The molecule has 4 atom stereocenters. The van der Waals surface area contributed by atoms with Gasteiger partial charge >= 0.3 is 0 Å². The summed E-state index contributed by atoms with van der Waals surface area (Å²) in [6, 6.07) is 9.09. The largest absolute Gasteiger partial charge is 0.387 e. The normalized spacial score (nSPS) is 25.2. The quantitative estimate of drug-likeness (QED) is 0.450. The third-order valence-corrected chi connectivity index (χ3v) is 7.35. The summed E-state index contributed by atoms with van der Waals surface area (Å²) in [7, 11) is 0. The molecular weight excluding hydrogens is 517 g/mol. The van der Waals surface area contributed by atoms with E-state index in [2.05, 4.69) is 22.0 Å². The maximum atomic E-state index is 15.6. The molecule has 0 spiro atoms. The Morgan fingerprint density at radius 2 is 2.00 bits per heavy atom. The van der Waals surface area contributed by atoms with Crippen LogP contribution in [0.1, 0.15) is 44.2 Å². The molecular formula is C28H28Cl2F2N4O. The van der Waals surface area contributed by atoms with Crippen LogP contribution < -0.4 is 16.0 Å². The van der Waals surface area contributed by atoms with E-state index >= 15 is 8.78 Å². The molecule has 0 bridgehead atoms. The van der Waals surface area contributed by atoms with Crippen LogP contribution in [-0.2, 0) is 10.2 Å². The maximum absolute atomic E-state index is 15.6. The van der Waals surface area contributed by atoms with Gasteiger partial charge in [0.25, 0.3) is 0 Å². The molecule has 2 aromatic rings. The Hall–Kier alpha value is -2.92. The highest BCUT2D eigenvalue weighted by Crippen LogP contribution is 2.52. The molecule has 1 fully saturated rings. The molecule has 2 aromatic carbocycles. The topological polar surface area (TPSA) is 77.0 Å². The lowest BCUT2D eigenvalue weighted by Gasteiger charge is -2.37. The van der Waals surface area contributed by atoms with Gasteiger partial charge in [0, 0.05) is 34.8 Å². The molecule has 2 heterocycles. The molecule has 5 nitrogen and oxygen atoms in total. The number of dihydropyridines is 1. The molecule has 194 valence electrons. The Balaban J connectivity index is 1.96. The number of rotatable bonds is 5. The van der Waals surface area contributed by atoms with E-state index in [0.717, 1.165) is 6.07 Å². The van der Waals surface area contributed by atoms with E-state index in [1.54, 1.807) is 24.4 Å². The summed E-state index contributed by atoms with van der Waals surface area (Å²) < 4.78 is 31.2. The smallest absolute Gasteiger partial charge is 0.242 e. The second kappa shape index (κ2) is 10.4. The summed E-state index contributed by atoms with van der Waals surface area (Å²) >= 11 is 12.2. The standard InChI is InChI=1S/C28H28Cl2F2N4O/c1-27(2,3)14-22-28(15-33,19-8-7-16(29)13-21(19)31)23(18-5-4-6-20(30)24(18)32)25(36-22)26(37)35-17-9-11-34-12-10-17/h4-11,13,22-23,25,34,36H,12,14H2,1-3H3,(H,35,37)/t22-,23-,25+,28-/m0/s1. The van der Waals surface area contributed by atoms with Crippen LogP contribution in [0.5, 0.6) is 0 Å². The molecule has 0 saturated carbocycles. The zero-order valence-corrected chi connectivity index (χ0v) is 22.2. The van der Waals surface area contributed by atoms with Gasteiger partial charge in [-0.1, -0.05) is 62.2 Å². The number of carbonyl (C=O) groups is 1. The fraction of sp³-hybridized carbons (Fsp3) is 0.357. The van der Waals surface area contributed by atoms with Gasteiger partial charge in [-0.25, -0.2) is 8.78 Å². The van der Waals surface area contributed by atoms with Gasteiger partial charge in [0.05, 0.1) is 17.1 Å². The number of nitrogens with zero attached hydrogens (tertiary/aromatic N) is 1. The van der Waals surface area contributed by atoms with Gasteiger partial charge < -0.3 is 16.0 Å². The number of nitriles is 1. The number of amides is 1. The van der Waals surface area contributed by atoms with Gasteiger partial charge in [-0.3, -0.25) is 4.79 Å². The lowest BCUT2D eigenvalue weighted by atomic mass is 9.62. The number of nitrogens with one attached hydrogen (secondary N) is 3. The molecule has 2 aliphatic rings. The predicted octanol–water partition coefficient (Wildman–Crippen LogP) is 5.71. The first-order valence-corrected chi connectivity index (χ1v) is 12.7. The fourth-order valence-corrected chi connectivity index (χ4v) is 5.66. The summed E-state index contributed by atoms with van der Waals surface area (Å²) in [5.74, 6) is -3.02. The van der Waals surface area contributed by atoms with Crippen molar-refractivity contribution in [3.63, 3.8) is 0 Å². The van der Waals surface area contributed by atoms with Crippen molar-refractivity contribution in [1.82, 2.24) is 16.0 Å². The highest BCUT2D eigenvalue weighted by atomic mass is 35.5. The molecule has 0 radical (unpaired) electrons. The van der Waals surface area contributed by atoms with E-state index in [4.69, 9.17) is 23.2 Å². The number of hydrogen-bond acceptors (Lipinski definition) is 4. The van der Waals surface area contributed by atoms with E-state index in [1.165, 1.54) is 24.3 Å². The van der Waals surface area contributed by atoms with Gasteiger partial charge in [-0.15, -0.1) is 0 Å². The number of benzene rings is 2. The third kappa shape index (κ3) is 5.24. The highest BCUT2D eigenvalue weighted by Gasteiger charge is 2.61. The molecule has 0 unspecified atom stereocenters. The average molecular weight is 545 g/mol. The fourth-order valence-electron chi connectivity index (χ4n) is 5.32. The van der Waals surface area contributed by atoms with E-state index in [1.807, 2.05) is 20.8 Å². The SMILES string of the molecule is CC(C)(C)C[C@@H]1N[C@@H](C(=O)NC2=CCNC=C2)[C@H](c2cccc(Cl)c2F)[C@@]1(C#N)c1ccc(Cl)cc1F.